The van der Waals surface area contributed by atoms with Gasteiger partial charge in [0.2, 0.25) is 11.8 Å². The number of hydrogen-bond acceptors (Lipinski definition) is 5. The zero-order chi connectivity index (χ0) is 22.3. The molecule has 0 radical (unpaired) electrons. The van der Waals surface area contributed by atoms with Crippen molar-refractivity contribution in [2.45, 2.75) is 20.5 Å². The predicted molar refractivity (Wildman–Crippen MR) is 110 cm³/mol. The third kappa shape index (κ3) is 3.79. The second kappa shape index (κ2) is 7.92. The lowest BCUT2D eigenvalue weighted by Gasteiger charge is -2.13. The van der Waals surface area contributed by atoms with Gasteiger partial charge in [-0.05, 0) is 37.3 Å². The Balaban J connectivity index is 1.69. The summed E-state index contributed by atoms with van der Waals surface area (Å²) in [5.41, 5.74) is 1.07. The van der Waals surface area contributed by atoms with Crippen molar-refractivity contribution in [2.75, 3.05) is 0 Å². The van der Waals surface area contributed by atoms with Gasteiger partial charge in [-0.15, -0.1) is 0 Å². The summed E-state index contributed by atoms with van der Waals surface area (Å²) in [7, 11) is 0. The van der Waals surface area contributed by atoms with Crippen molar-refractivity contribution >= 4 is 28.5 Å². The number of carbonyl (C=O) groups excluding carboxylic acids is 1. The number of nitrogens with zero attached hydrogens (tertiary/aromatic N) is 4. The van der Waals surface area contributed by atoms with E-state index < -0.39 is 17.2 Å². The third-order valence-corrected chi connectivity index (χ3v) is 5.00. The smallest absolute Gasteiger partial charge is 0.280 e. The second-order valence-electron chi connectivity index (χ2n) is 6.75. The molecule has 0 N–H and O–H groups in total. The molecular weight excluding hydrogens is 430 g/mol. The first-order valence-electron chi connectivity index (χ1n) is 9.10. The average Bonchev–Trinajstić information content (AvgIpc) is 3.14. The number of aryl methyl sites for hydroxylation is 1. The first-order chi connectivity index (χ1) is 14.8. The molecule has 7 nitrogen and oxygen atoms in total. The Morgan fingerprint density at radius 2 is 1.97 bits per heavy atom. The summed E-state index contributed by atoms with van der Waals surface area (Å²) in [4.78, 5) is 33.0. The Bertz CT molecular complexity index is 1400. The van der Waals surface area contributed by atoms with Crippen molar-refractivity contribution in [2.24, 2.45) is 0 Å². The normalized spacial score (nSPS) is 11.1. The van der Waals surface area contributed by atoms with Gasteiger partial charge < -0.3 is 4.74 Å². The topological polar surface area (TPSA) is 79.0 Å². The van der Waals surface area contributed by atoms with Crippen LogP contribution in [0.2, 0.25) is 5.02 Å². The van der Waals surface area contributed by atoms with Crippen LogP contribution in [0.5, 0.6) is 5.88 Å². The molecule has 0 fully saturated rings. The number of aromatic nitrogens is 4. The van der Waals surface area contributed by atoms with Gasteiger partial charge in [-0.1, -0.05) is 11.6 Å². The van der Waals surface area contributed by atoms with Crippen LogP contribution in [0.15, 0.2) is 47.5 Å². The lowest BCUT2D eigenvalue weighted by molar-refractivity contribution is 0.0941. The van der Waals surface area contributed by atoms with Crippen molar-refractivity contribution in [3.05, 3.63) is 81.1 Å². The van der Waals surface area contributed by atoms with Crippen molar-refractivity contribution < 1.29 is 18.3 Å². The molecule has 0 amide bonds. The van der Waals surface area contributed by atoms with Gasteiger partial charge in [0.25, 0.3) is 5.56 Å². The minimum atomic E-state index is -0.778. The maximum atomic E-state index is 13.8. The highest BCUT2D eigenvalue weighted by Gasteiger charge is 2.17. The molecule has 0 unspecified atom stereocenters. The van der Waals surface area contributed by atoms with E-state index in [9.17, 15) is 18.4 Å². The molecule has 10 heteroatoms. The van der Waals surface area contributed by atoms with Crippen LogP contribution in [-0.2, 0) is 6.61 Å². The highest BCUT2D eigenvalue weighted by molar-refractivity contribution is 6.31. The summed E-state index contributed by atoms with van der Waals surface area (Å²) in [6.45, 7) is 2.72. The van der Waals surface area contributed by atoms with Crippen LogP contribution in [0.3, 0.4) is 0 Å². The van der Waals surface area contributed by atoms with Crippen LogP contribution in [-0.4, -0.2) is 25.0 Å². The highest BCUT2D eigenvalue weighted by atomic mass is 35.5. The lowest BCUT2D eigenvalue weighted by Crippen LogP contribution is -2.23. The summed E-state index contributed by atoms with van der Waals surface area (Å²) in [6.07, 6.45) is 1.41. The Morgan fingerprint density at radius 3 is 2.68 bits per heavy atom. The number of halogens is 3. The molecular formula is C21H15ClF2N4O3. The number of ether oxygens (including phenoxy) is 1. The van der Waals surface area contributed by atoms with Crippen LogP contribution in [0, 0.1) is 18.6 Å². The Labute approximate surface area is 179 Å². The Kier molecular flexibility index (Phi) is 5.28. The second-order valence-corrected chi connectivity index (χ2v) is 7.13. The van der Waals surface area contributed by atoms with Gasteiger partial charge in [0.05, 0.1) is 16.7 Å². The van der Waals surface area contributed by atoms with E-state index in [1.165, 1.54) is 28.5 Å². The summed E-state index contributed by atoms with van der Waals surface area (Å²) in [5.74, 6) is -1.56. The summed E-state index contributed by atoms with van der Waals surface area (Å²) < 4.78 is 34.9. The number of fused-ring (bicyclic) bond motifs is 1. The van der Waals surface area contributed by atoms with Gasteiger partial charge in [0, 0.05) is 18.6 Å². The fourth-order valence-electron chi connectivity index (χ4n) is 3.16. The number of imidazole rings is 1. The first kappa shape index (κ1) is 20.7. The Hall–Kier alpha value is -3.59. The van der Waals surface area contributed by atoms with E-state index in [0.29, 0.717) is 16.7 Å². The number of benzene rings is 2. The molecule has 0 saturated heterocycles. The molecule has 31 heavy (non-hydrogen) atoms. The summed E-state index contributed by atoms with van der Waals surface area (Å²) in [6, 6.07) is 8.02. The Morgan fingerprint density at radius 1 is 1.19 bits per heavy atom. The van der Waals surface area contributed by atoms with E-state index in [-0.39, 0.29) is 34.8 Å². The average molecular weight is 445 g/mol. The predicted octanol–water partition coefficient (Wildman–Crippen LogP) is 4.06. The molecule has 0 spiro atoms. The zero-order valence-corrected chi connectivity index (χ0v) is 17.2. The largest absolute Gasteiger partial charge is 0.471 e. The maximum Gasteiger partial charge on any atom is 0.280 e. The molecule has 0 saturated carbocycles. The van der Waals surface area contributed by atoms with Crippen LogP contribution < -0.4 is 10.3 Å². The summed E-state index contributed by atoms with van der Waals surface area (Å²) >= 11 is 6.18. The summed E-state index contributed by atoms with van der Waals surface area (Å²) in [5, 5.41) is -0.289. The van der Waals surface area contributed by atoms with Gasteiger partial charge in [0.15, 0.2) is 5.02 Å². The van der Waals surface area contributed by atoms with Gasteiger partial charge >= 0.3 is 0 Å². The van der Waals surface area contributed by atoms with E-state index >= 15 is 0 Å². The third-order valence-electron chi connectivity index (χ3n) is 4.67. The standard InChI is InChI=1S/C21H15ClF2N4O3/c1-11-26-20(31-9-13-3-4-14(23)7-16(13)24)19(22)21(30)28(11)15-5-6-18-17(8-15)25-10-27(18)12(2)29/h3-8,10H,9H2,1-2H3. The van der Waals surface area contributed by atoms with E-state index in [0.717, 1.165) is 12.1 Å². The molecule has 4 rings (SSSR count). The number of carbonyl (C=O) groups is 1. The fraction of sp³-hybridized carbons (Fsp3) is 0.143. The van der Waals surface area contributed by atoms with Crippen LogP contribution in [0.4, 0.5) is 8.78 Å². The van der Waals surface area contributed by atoms with Crippen LogP contribution in [0.25, 0.3) is 16.7 Å². The lowest BCUT2D eigenvalue weighted by atomic mass is 10.2. The van der Waals surface area contributed by atoms with E-state index in [1.54, 1.807) is 25.1 Å². The van der Waals surface area contributed by atoms with E-state index in [4.69, 9.17) is 16.3 Å². The quantitative estimate of drug-likeness (QED) is 0.474. The molecule has 2 aromatic carbocycles. The van der Waals surface area contributed by atoms with Gasteiger partial charge in [-0.2, -0.15) is 4.98 Å². The van der Waals surface area contributed by atoms with Crippen molar-refractivity contribution in [3.63, 3.8) is 0 Å². The zero-order valence-electron chi connectivity index (χ0n) is 16.4. The fourth-order valence-corrected chi connectivity index (χ4v) is 3.34. The number of rotatable bonds is 4. The monoisotopic (exact) mass is 444 g/mol. The van der Waals surface area contributed by atoms with E-state index in [1.807, 2.05) is 0 Å². The van der Waals surface area contributed by atoms with Crippen molar-refractivity contribution in [1.29, 1.82) is 0 Å². The van der Waals surface area contributed by atoms with Gasteiger partial charge in [-0.3, -0.25) is 18.7 Å². The van der Waals surface area contributed by atoms with Crippen LogP contribution in [0.1, 0.15) is 23.1 Å². The molecule has 2 heterocycles. The minimum absolute atomic E-state index is 0.0904. The minimum Gasteiger partial charge on any atom is -0.471 e. The molecule has 4 aromatic rings. The molecule has 158 valence electrons. The molecule has 0 bridgehead atoms. The molecule has 0 aliphatic carbocycles. The molecule has 0 aliphatic heterocycles. The van der Waals surface area contributed by atoms with E-state index in [2.05, 4.69) is 9.97 Å². The first-order valence-corrected chi connectivity index (χ1v) is 9.48. The van der Waals surface area contributed by atoms with Crippen LogP contribution >= 0.6 is 11.6 Å². The van der Waals surface area contributed by atoms with Gasteiger partial charge in [-0.25, -0.2) is 13.8 Å². The number of hydrogen-bond donors (Lipinski definition) is 0. The SMILES string of the molecule is CC(=O)n1cnc2cc(-n3c(C)nc(OCc4ccc(F)cc4F)c(Cl)c3=O)ccc21. The van der Waals surface area contributed by atoms with Gasteiger partial charge in [0.1, 0.15) is 30.4 Å². The molecule has 0 atom stereocenters. The van der Waals surface area contributed by atoms with Crippen molar-refractivity contribution in [3.8, 4) is 11.6 Å². The highest BCUT2D eigenvalue weighted by Crippen LogP contribution is 2.23. The van der Waals surface area contributed by atoms with Crippen molar-refractivity contribution in [1.82, 2.24) is 19.1 Å². The molecule has 0 aliphatic rings. The molecule has 2 aromatic heterocycles. The maximum absolute atomic E-state index is 13.8.